The molecule has 2 aliphatic rings. The maximum Gasteiger partial charge on any atom is 0.277 e. The minimum absolute atomic E-state index is 0.135. The van der Waals surface area contributed by atoms with Gasteiger partial charge in [-0.05, 0) is 43.5 Å². The SMILES string of the molecule is CCCCOc1c2n(c(CN3CCCC3)cc1=O)N(C(c1ccccc1)c1ccccc1)CN(CCOC)C2=O. The number of nitrogens with zero attached hydrogens (tertiary/aromatic N) is 4. The summed E-state index contributed by atoms with van der Waals surface area (Å²) in [6.45, 7) is 6.15. The Morgan fingerprint density at radius 1 is 0.900 bits per heavy atom. The highest BCUT2D eigenvalue weighted by atomic mass is 16.5. The molecule has 8 heteroatoms. The van der Waals surface area contributed by atoms with Crippen LogP contribution < -0.4 is 15.2 Å². The molecule has 3 aromatic rings. The Morgan fingerprint density at radius 2 is 1.55 bits per heavy atom. The maximum absolute atomic E-state index is 14.1. The topological polar surface area (TPSA) is 67.2 Å². The molecule has 8 nitrogen and oxygen atoms in total. The molecule has 0 radical (unpaired) electrons. The van der Waals surface area contributed by atoms with Crippen molar-refractivity contribution in [1.29, 1.82) is 0 Å². The van der Waals surface area contributed by atoms with Gasteiger partial charge in [0.25, 0.3) is 5.91 Å². The van der Waals surface area contributed by atoms with Crippen LogP contribution in [0.5, 0.6) is 5.75 Å². The number of hydrogen-bond donors (Lipinski definition) is 0. The lowest BCUT2D eigenvalue weighted by Crippen LogP contribution is -2.57. The molecule has 212 valence electrons. The minimum atomic E-state index is -0.241. The van der Waals surface area contributed by atoms with E-state index in [0.29, 0.717) is 38.7 Å². The molecule has 5 rings (SSSR count). The Hall–Kier alpha value is -3.62. The summed E-state index contributed by atoms with van der Waals surface area (Å²) in [5.74, 6) is -0.0735. The van der Waals surface area contributed by atoms with Crippen molar-refractivity contribution in [3.05, 3.63) is 99.5 Å². The first-order valence-corrected chi connectivity index (χ1v) is 14.4. The molecule has 1 amide bonds. The average molecular weight is 545 g/mol. The third-order valence-electron chi connectivity index (χ3n) is 7.71. The second kappa shape index (κ2) is 13.2. The van der Waals surface area contributed by atoms with Crippen molar-refractivity contribution < 1.29 is 14.3 Å². The summed E-state index contributed by atoms with van der Waals surface area (Å²) in [5, 5.41) is 2.22. The summed E-state index contributed by atoms with van der Waals surface area (Å²) < 4.78 is 13.5. The zero-order valence-corrected chi connectivity index (χ0v) is 23.6. The van der Waals surface area contributed by atoms with Crippen LogP contribution in [0.1, 0.15) is 66.0 Å². The highest BCUT2D eigenvalue weighted by Crippen LogP contribution is 2.34. The molecule has 0 atom stereocenters. The smallest absolute Gasteiger partial charge is 0.277 e. The molecule has 40 heavy (non-hydrogen) atoms. The van der Waals surface area contributed by atoms with E-state index in [1.165, 1.54) is 0 Å². The van der Waals surface area contributed by atoms with Crippen LogP contribution in [0.15, 0.2) is 71.5 Å². The predicted molar refractivity (Wildman–Crippen MR) is 156 cm³/mol. The summed E-state index contributed by atoms with van der Waals surface area (Å²) in [7, 11) is 1.63. The summed E-state index contributed by atoms with van der Waals surface area (Å²) in [6.07, 6.45) is 4.01. The maximum atomic E-state index is 14.1. The fourth-order valence-corrected chi connectivity index (χ4v) is 5.69. The Balaban J connectivity index is 1.73. The zero-order chi connectivity index (χ0) is 27.9. The van der Waals surface area contributed by atoms with Gasteiger partial charge in [-0.2, -0.15) is 0 Å². The monoisotopic (exact) mass is 544 g/mol. The normalized spacial score (nSPS) is 15.6. The van der Waals surface area contributed by atoms with E-state index < -0.39 is 0 Å². The van der Waals surface area contributed by atoms with Crippen LogP contribution in [0.3, 0.4) is 0 Å². The van der Waals surface area contributed by atoms with Crippen molar-refractivity contribution >= 4 is 5.91 Å². The van der Waals surface area contributed by atoms with Gasteiger partial charge in [0.2, 0.25) is 5.43 Å². The third-order valence-corrected chi connectivity index (χ3v) is 7.71. The van der Waals surface area contributed by atoms with E-state index >= 15 is 0 Å². The molecule has 2 aromatic carbocycles. The Morgan fingerprint density at radius 3 is 2.15 bits per heavy atom. The van der Waals surface area contributed by atoms with Gasteiger partial charge in [-0.15, -0.1) is 0 Å². The van der Waals surface area contributed by atoms with E-state index in [4.69, 9.17) is 9.47 Å². The molecule has 0 N–H and O–H groups in total. The van der Waals surface area contributed by atoms with E-state index in [1.54, 1.807) is 18.1 Å². The lowest BCUT2D eigenvalue weighted by atomic mass is 9.98. The van der Waals surface area contributed by atoms with Crippen molar-refractivity contribution in [2.45, 2.75) is 45.2 Å². The quantitative estimate of drug-likeness (QED) is 0.315. The van der Waals surface area contributed by atoms with Crippen molar-refractivity contribution in [3.8, 4) is 5.75 Å². The number of carbonyl (C=O) groups excluding carboxylic acids is 1. The number of rotatable bonds is 12. The van der Waals surface area contributed by atoms with Crippen LogP contribution in [0.2, 0.25) is 0 Å². The summed E-state index contributed by atoms with van der Waals surface area (Å²) >= 11 is 0. The average Bonchev–Trinajstić information content (AvgIpc) is 3.49. The van der Waals surface area contributed by atoms with Gasteiger partial charge in [-0.25, -0.2) is 4.68 Å². The van der Waals surface area contributed by atoms with Gasteiger partial charge in [0, 0.05) is 26.3 Å². The summed E-state index contributed by atoms with van der Waals surface area (Å²) in [5.41, 5.74) is 3.06. The lowest BCUT2D eigenvalue weighted by molar-refractivity contribution is 0.0607. The number of carbonyl (C=O) groups is 1. The molecule has 1 saturated heterocycles. The van der Waals surface area contributed by atoms with Crippen LogP contribution in [-0.2, 0) is 11.3 Å². The number of unbranched alkanes of at least 4 members (excludes halogenated alkanes) is 1. The molecule has 1 fully saturated rings. The van der Waals surface area contributed by atoms with Gasteiger partial charge in [0.15, 0.2) is 11.4 Å². The van der Waals surface area contributed by atoms with E-state index in [0.717, 1.165) is 55.6 Å². The number of pyridine rings is 1. The number of aromatic nitrogens is 1. The molecule has 2 aliphatic heterocycles. The molecular formula is C32H40N4O4. The van der Waals surface area contributed by atoms with Gasteiger partial charge >= 0.3 is 0 Å². The molecule has 0 spiro atoms. The fraction of sp³-hybridized carbons (Fsp3) is 0.438. The number of amides is 1. The van der Waals surface area contributed by atoms with Crippen LogP contribution in [0, 0.1) is 0 Å². The largest absolute Gasteiger partial charge is 0.487 e. The molecule has 0 bridgehead atoms. The van der Waals surface area contributed by atoms with Crippen LogP contribution in [-0.4, -0.2) is 67.0 Å². The first kappa shape index (κ1) is 27.9. The number of fused-ring (bicyclic) bond motifs is 1. The van der Waals surface area contributed by atoms with Gasteiger partial charge in [0.1, 0.15) is 6.67 Å². The van der Waals surface area contributed by atoms with Gasteiger partial charge in [-0.3, -0.25) is 19.5 Å². The zero-order valence-electron chi connectivity index (χ0n) is 23.6. The molecule has 0 aliphatic carbocycles. The number of hydrogen-bond acceptors (Lipinski definition) is 6. The Kier molecular flexibility index (Phi) is 9.19. The third kappa shape index (κ3) is 5.93. The second-order valence-electron chi connectivity index (χ2n) is 10.5. The second-order valence-corrected chi connectivity index (χ2v) is 10.5. The lowest BCUT2D eigenvalue weighted by Gasteiger charge is -2.45. The minimum Gasteiger partial charge on any atom is -0.487 e. The van der Waals surface area contributed by atoms with E-state index in [2.05, 4.69) is 41.1 Å². The summed E-state index contributed by atoms with van der Waals surface area (Å²) in [4.78, 5) is 31.9. The standard InChI is InChI=1S/C32H40N4O4/c1-3-4-20-40-31-28(37)22-27(23-33-17-11-12-18-33)36-30(31)32(38)34(19-21-39-2)24-35(36)29(25-13-7-5-8-14-25)26-15-9-6-10-16-26/h5-10,13-16,22,29H,3-4,11-12,17-21,23-24H2,1-2H3. The van der Waals surface area contributed by atoms with Crippen molar-refractivity contribution in [2.24, 2.45) is 0 Å². The highest BCUT2D eigenvalue weighted by molar-refractivity contribution is 5.96. The molecule has 1 aromatic heterocycles. The first-order valence-electron chi connectivity index (χ1n) is 14.4. The highest BCUT2D eigenvalue weighted by Gasteiger charge is 2.38. The van der Waals surface area contributed by atoms with Gasteiger partial charge < -0.3 is 14.4 Å². The molecular weight excluding hydrogens is 504 g/mol. The van der Waals surface area contributed by atoms with Gasteiger partial charge in [-0.1, -0.05) is 74.0 Å². The predicted octanol–water partition coefficient (Wildman–Crippen LogP) is 4.41. The fourth-order valence-electron chi connectivity index (χ4n) is 5.69. The Bertz CT molecular complexity index is 1280. The van der Waals surface area contributed by atoms with E-state index in [1.807, 2.05) is 41.1 Å². The van der Waals surface area contributed by atoms with Crippen LogP contribution >= 0.6 is 0 Å². The summed E-state index contributed by atoms with van der Waals surface area (Å²) in [6, 6.07) is 22.1. The Labute approximate surface area is 236 Å². The van der Waals surface area contributed by atoms with Crippen LogP contribution in [0.25, 0.3) is 0 Å². The molecule has 0 saturated carbocycles. The van der Waals surface area contributed by atoms with Crippen LogP contribution in [0.4, 0.5) is 0 Å². The number of methoxy groups -OCH3 is 1. The van der Waals surface area contributed by atoms with Gasteiger partial charge in [0.05, 0.1) is 24.9 Å². The van der Waals surface area contributed by atoms with Crippen molar-refractivity contribution in [3.63, 3.8) is 0 Å². The van der Waals surface area contributed by atoms with Crippen molar-refractivity contribution in [1.82, 2.24) is 14.5 Å². The molecule has 0 unspecified atom stereocenters. The number of benzene rings is 2. The van der Waals surface area contributed by atoms with E-state index in [9.17, 15) is 9.59 Å². The number of ether oxygens (including phenoxy) is 2. The van der Waals surface area contributed by atoms with Crippen molar-refractivity contribution in [2.75, 3.05) is 51.6 Å². The van der Waals surface area contributed by atoms with E-state index in [-0.39, 0.29) is 23.1 Å². The first-order chi connectivity index (χ1) is 19.6. The molecule has 3 heterocycles. The number of likely N-dealkylation sites (tertiary alicyclic amines) is 1.